The van der Waals surface area contributed by atoms with Crippen molar-refractivity contribution in [2.75, 3.05) is 13.1 Å². The molecule has 1 aromatic carbocycles. The molecule has 0 aromatic heterocycles. The van der Waals surface area contributed by atoms with Gasteiger partial charge >= 0.3 is 0 Å². The summed E-state index contributed by atoms with van der Waals surface area (Å²) in [7, 11) is 0. The van der Waals surface area contributed by atoms with Gasteiger partial charge in [-0.2, -0.15) is 0 Å². The molecule has 19 heavy (non-hydrogen) atoms. The van der Waals surface area contributed by atoms with E-state index in [0.29, 0.717) is 5.92 Å². The van der Waals surface area contributed by atoms with Crippen LogP contribution in [0.25, 0.3) is 0 Å². The Labute approximate surface area is 116 Å². The smallest absolute Gasteiger partial charge is 0.0721 e. The fourth-order valence-electron chi connectivity index (χ4n) is 3.65. The van der Waals surface area contributed by atoms with Crippen LogP contribution in [0.15, 0.2) is 35.3 Å². The summed E-state index contributed by atoms with van der Waals surface area (Å²) in [5, 5.41) is 0. The van der Waals surface area contributed by atoms with Crippen LogP contribution in [0.5, 0.6) is 0 Å². The Hall–Kier alpha value is -1.15. The predicted octanol–water partition coefficient (Wildman–Crippen LogP) is 3.69. The number of aliphatic imine (C=N–C) groups is 1. The van der Waals surface area contributed by atoms with Gasteiger partial charge in [-0.15, -0.1) is 0 Å². The van der Waals surface area contributed by atoms with Gasteiger partial charge in [-0.3, -0.25) is 9.89 Å². The first-order chi connectivity index (χ1) is 9.09. The number of hydrogen-bond acceptors (Lipinski definition) is 2. The molecule has 0 N–H and O–H groups in total. The van der Waals surface area contributed by atoms with Crippen molar-refractivity contribution in [1.82, 2.24) is 4.90 Å². The molecule has 3 aliphatic rings. The summed E-state index contributed by atoms with van der Waals surface area (Å²) >= 11 is 0. The molecule has 0 aliphatic carbocycles. The molecular weight excluding hydrogens is 232 g/mol. The molecule has 2 nitrogen and oxygen atoms in total. The van der Waals surface area contributed by atoms with E-state index in [1.165, 1.54) is 37.2 Å². The maximum Gasteiger partial charge on any atom is 0.0721 e. The van der Waals surface area contributed by atoms with Crippen LogP contribution in [0.2, 0.25) is 0 Å². The SMILES string of the molecule is C[C@@H](N=C1C2CCN(CC2)C1(C)C)c1ccccc1. The van der Waals surface area contributed by atoms with Crippen LogP contribution >= 0.6 is 0 Å². The van der Waals surface area contributed by atoms with Gasteiger partial charge in [0, 0.05) is 11.6 Å². The third-order valence-electron chi connectivity index (χ3n) is 4.91. The van der Waals surface area contributed by atoms with Gasteiger partial charge in [-0.25, -0.2) is 0 Å². The van der Waals surface area contributed by atoms with Crippen LogP contribution in [0, 0.1) is 5.92 Å². The number of fused-ring (bicyclic) bond motifs is 3. The summed E-state index contributed by atoms with van der Waals surface area (Å²) < 4.78 is 0. The molecule has 2 heteroatoms. The highest BCUT2D eigenvalue weighted by molar-refractivity contribution is 5.96. The van der Waals surface area contributed by atoms with Gasteiger partial charge in [0.15, 0.2) is 0 Å². The molecule has 3 aliphatic heterocycles. The van der Waals surface area contributed by atoms with Crippen LogP contribution in [-0.4, -0.2) is 29.2 Å². The molecule has 0 spiro atoms. The van der Waals surface area contributed by atoms with Gasteiger partial charge in [-0.1, -0.05) is 30.3 Å². The van der Waals surface area contributed by atoms with Gasteiger partial charge in [0.1, 0.15) is 0 Å². The molecule has 1 atom stereocenters. The highest BCUT2D eigenvalue weighted by atomic mass is 15.2. The topological polar surface area (TPSA) is 15.6 Å². The highest BCUT2D eigenvalue weighted by Gasteiger charge is 2.44. The number of rotatable bonds is 2. The first-order valence-corrected chi connectivity index (χ1v) is 7.47. The third-order valence-corrected chi connectivity index (χ3v) is 4.91. The van der Waals surface area contributed by atoms with Gasteiger partial charge in [-0.05, 0) is 52.3 Å². The van der Waals surface area contributed by atoms with Gasteiger partial charge < -0.3 is 0 Å². The molecule has 2 bridgehead atoms. The van der Waals surface area contributed by atoms with Crippen molar-refractivity contribution in [2.24, 2.45) is 10.9 Å². The maximum absolute atomic E-state index is 5.12. The zero-order valence-electron chi connectivity index (χ0n) is 12.3. The van der Waals surface area contributed by atoms with Crippen molar-refractivity contribution in [3.63, 3.8) is 0 Å². The van der Waals surface area contributed by atoms with E-state index < -0.39 is 0 Å². The van der Waals surface area contributed by atoms with Crippen molar-refractivity contribution >= 4 is 5.71 Å². The summed E-state index contributed by atoms with van der Waals surface area (Å²) in [6, 6.07) is 10.9. The summed E-state index contributed by atoms with van der Waals surface area (Å²) in [4.78, 5) is 7.72. The summed E-state index contributed by atoms with van der Waals surface area (Å²) in [5.41, 5.74) is 2.91. The van der Waals surface area contributed by atoms with Crippen molar-refractivity contribution in [3.8, 4) is 0 Å². The minimum Gasteiger partial charge on any atom is -0.293 e. The van der Waals surface area contributed by atoms with Crippen LogP contribution in [-0.2, 0) is 0 Å². The van der Waals surface area contributed by atoms with Crippen molar-refractivity contribution in [1.29, 1.82) is 0 Å². The van der Waals surface area contributed by atoms with E-state index in [1.807, 2.05) is 0 Å². The Balaban J connectivity index is 1.90. The quantitative estimate of drug-likeness (QED) is 0.788. The first-order valence-electron chi connectivity index (χ1n) is 7.47. The molecule has 0 radical (unpaired) electrons. The molecule has 1 aromatic rings. The van der Waals surface area contributed by atoms with E-state index in [0.717, 1.165) is 0 Å². The highest BCUT2D eigenvalue weighted by Crippen LogP contribution is 2.38. The molecule has 3 heterocycles. The fourth-order valence-corrected chi connectivity index (χ4v) is 3.65. The van der Waals surface area contributed by atoms with E-state index in [4.69, 9.17) is 4.99 Å². The maximum atomic E-state index is 5.12. The second-order valence-electron chi connectivity index (χ2n) is 6.42. The number of piperidine rings is 3. The average Bonchev–Trinajstić information content (AvgIpc) is 2.44. The number of nitrogens with zero attached hydrogens (tertiary/aromatic N) is 2. The monoisotopic (exact) mass is 256 g/mol. The lowest BCUT2D eigenvalue weighted by Crippen LogP contribution is -2.61. The zero-order chi connectivity index (χ0) is 13.5. The average molecular weight is 256 g/mol. The Morgan fingerprint density at radius 1 is 1.16 bits per heavy atom. The molecular formula is C17H24N2. The summed E-state index contributed by atoms with van der Waals surface area (Å²) in [6.07, 6.45) is 2.59. The van der Waals surface area contributed by atoms with E-state index in [2.05, 4.69) is 56.0 Å². The number of benzene rings is 1. The molecule has 0 unspecified atom stereocenters. The Morgan fingerprint density at radius 3 is 2.37 bits per heavy atom. The van der Waals surface area contributed by atoms with E-state index in [1.54, 1.807) is 0 Å². The fraction of sp³-hybridized carbons (Fsp3) is 0.588. The van der Waals surface area contributed by atoms with Crippen molar-refractivity contribution in [2.45, 2.75) is 45.2 Å². The van der Waals surface area contributed by atoms with Crippen LogP contribution in [0.1, 0.15) is 45.2 Å². The second-order valence-corrected chi connectivity index (χ2v) is 6.42. The molecule has 0 saturated carbocycles. The van der Waals surface area contributed by atoms with E-state index in [-0.39, 0.29) is 11.6 Å². The number of hydrogen-bond donors (Lipinski definition) is 0. The van der Waals surface area contributed by atoms with Gasteiger partial charge in [0.25, 0.3) is 0 Å². The summed E-state index contributed by atoms with van der Waals surface area (Å²) in [5.74, 6) is 0.714. The molecule has 3 saturated heterocycles. The largest absolute Gasteiger partial charge is 0.293 e. The molecule has 102 valence electrons. The van der Waals surface area contributed by atoms with Crippen molar-refractivity contribution < 1.29 is 0 Å². The normalized spacial score (nSPS) is 32.5. The molecule has 4 rings (SSSR count). The Morgan fingerprint density at radius 2 is 1.79 bits per heavy atom. The van der Waals surface area contributed by atoms with E-state index >= 15 is 0 Å². The van der Waals surface area contributed by atoms with Crippen LogP contribution < -0.4 is 0 Å². The predicted molar refractivity (Wildman–Crippen MR) is 80.7 cm³/mol. The lowest BCUT2D eigenvalue weighted by atomic mass is 9.74. The zero-order valence-corrected chi connectivity index (χ0v) is 12.3. The minimum absolute atomic E-state index is 0.157. The van der Waals surface area contributed by atoms with Gasteiger partial charge in [0.05, 0.1) is 11.6 Å². The Bertz CT molecular complexity index is 467. The first kappa shape index (κ1) is 12.9. The molecule has 0 amide bonds. The molecule has 3 fully saturated rings. The lowest BCUT2D eigenvalue weighted by molar-refractivity contribution is 0.0934. The lowest BCUT2D eigenvalue weighted by Gasteiger charge is -2.52. The van der Waals surface area contributed by atoms with Gasteiger partial charge in [0.2, 0.25) is 0 Å². The summed E-state index contributed by atoms with van der Waals surface area (Å²) in [6.45, 7) is 9.40. The Kier molecular flexibility index (Phi) is 3.22. The van der Waals surface area contributed by atoms with E-state index in [9.17, 15) is 0 Å². The van der Waals surface area contributed by atoms with Crippen LogP contribution in [0.3, 0.4) is 0 Å². The van der Waals surface area contributed by atoms with Crippen LogP contribution in [0.4, 0.5) is 0 Å². The van der Waals surface area contributed by atoms with Crippen molar-refractivity contribution in [3.05, 3.63) is 35.9 Å². The third kappa shape index (κ3) is 2.23. The second kappa shape index (κ2) is 4.75. The minimum atomic E-state index is 0.157. The standard InChI is InChI=1S/C17H24N2/c1-13(14-7-5-4-6-8-14)18-16-15-9-11-19(12-10-15)17(16,2)3/h4-8,13,15H,9-12H2,1-3H3/t13-/m1/s1.